The molecule has 0 unspecified atom stereocenters. The number of pyridine rings is 1. The maximum Gasteiger partial charge on any atom is 0.275 e. The van der Waals surface area contributed by atoms with E-state index in [0.29, 0.717) is 18.2 Å². The van der Waals surface area contributed by atoms with E-state index in [-0.39, 0.29) is 16.6 Å². The van der Waals surface area contributed by atoms with Crippen LogP contribution >= 0.6 is 27.5 Å². The van der Waals surface area contributed by atoms with Crippen molar-refractivity contribution >= 4 is 39.1 Å². The molecule has 1 aromatic heterocycles. The van der Waals surface area contributed by atoms with E-state index < -0.39 is 0 Å². The Kier molecular flexibility index (Phi) is 5.20. The molecule has 0 fully saturated rings. The largest absolute Gasteiger partial charge is 0.478 e. The molecule has 0 aliphatic rings. The van der Waals surface area contributed by atoms with Gasteiger partial charge in [0.25, 0.3) is 5.91 Å². The molecule has 0 aliphatic heterocycles. The molecular formula is C15H14BrClN2O2. The Morgan fingerprint density at radius 2 is 2.14 bits per heavy atom. The molecule has 110 valence electrons. The standard InChI is InChI=1S/C15H14BrClN2O2/c1-3-21-13-7-5-11(17)14(19-13)15(20)18-12-6-4-10(16)8-9(12)2/h4-8H,3H2,1-2H3,(H,18,20). The molecule has 4 nitrogen and oxygen atoms in total. The van der Waals surface area contributed by atoms with Crippen molar-refractivity contribution in [2.75, 3.05) is 11.9 Å². The van der Waals surface area contributed by atoms with Crippen LogP contribution < -0.4 is 10.1 Å². The van der Waals surface area contributed by atoms with Crippen LogP contribution in [0.1, 0.15) is 23.0 Å². The Labute approximate surface area is 136 Å². The second kappa shape index (κ2) is 6.91. The third-order valence-corrected chi connectivity index (χ3v) is 3.56. The highest BCUT2D eigenvalue weighted by Gasteiger charge is 2.15. The highest BCUT2D eigenvalue weighted by molar-refractivity contribution is 9.10. The number of nitrogens with zero attached hydrogens (tertiary/aromatic N) is 1. The molecule has 2 rings (SSSR count). The normalized spacial score (nSPS) is 10.3. The number of carbonyl (C=O) groups excluding carboxylic acids is 1. The number of aromatic nitrogens is 1. The van der Waals surface area contributed by atoms with E-state index in [2.05, 4.69) is 26.2 Å². The summed E-state index contributed by atoms with van der Waals surface area (Å²) >= 11 is 9.42. The van der Waals surface area contributed by atoms with Crippen molar-refractivity contribution in [2.24, 2.45) is 0 Å². The fourth-order valence-electron chi connectivity index (χ4n) is 1.76. The zero-order valence-electron chi connectivity index (χ0n) is 11.6. The summed E-state index contributed by atoms with van der Waals surface area (Å²) in [6.07, 6.45) is 0. The number of ether oxygens (including phenoxy) is 1. The van der Waals surface area contributed by atoms with Gasteiger partial charge in [0.15, 0.2) is 5.69 Å². The third kappa shape index (κ3) is 3.95. The van der Waals surface area contributed by atoms with Crippen LogP contribution in [0, 0.1) is 6.92 Å². The number of benzene rings is 1. The van der Waals surface area contributed by atoms with Crippen molar-refractivity contribution in [1.29, 1.82) is 0 Å². The number of nitrogens with one attached hydrogen (secondary N) is 1. The van der Waals surface area contributed by atoms with E-state index in [0.717, 1.165) is 10.0 Å². The Balaban J connectivity index is 2.25. The van der Waals surface area contributed by atoms with Gasteiger partial charge in [0.05, 0.1) is 11.6 Å². The summed E-state index contributed by atoms with van der Waals surface area (Å²) in [6, 6.07) is 8.82. The third-order valence-electron chi connectivity index (χ3n) is 2.76. The second-order valence-electron chi connectivity index (χ2n) is 4.33. The van der Waals surface area contributed by atoms with Crippen LogP contribution in [0.25, 0.3) is 0 Å². The number of carbonyl (C=O) groups is 1. The molecular weight excluding hydrogens is 356 g/mol. The zero-order valence-corrected chi connectivity index (χ0v) is 14.0. The lowest BCUT2D eigenvalue weighted by atomic mass is 10.2. The van der Waals surface area contributed by atoms with Gasteiger partial charge < -0.3 is 10.1 Å². The Hall–Kier alpha value is -1.59. The van der Waals surface area contributed by atoms with E-state index in [1.165, 1.54) is 0 Å². The maximum atomic E-state index is 12.3. The zero-order chi connectivity index (χ0) is 15.4. The molecule has 0 aliphatic carbocycles. The Morgan fingerprint density at radius 1 is 1.38 bits per heavy atom. The molecule has 0 spiro atoms. The molecule has 6 heteroatoms. The number of rotatable bonds is 4. The summed E-state index contributed by atoms with van der Waals surface area (Å²) in [5.74, 6) is 0.00607. The topological polar surface area (TPSA) is 51.2 Å². The van der Waals surface area contributed by atoms with Gasteiger partial charge in [-0.3, -0.25) is 4.79 Å². The van der Waals surface area contributed by atoms with Crippen LogP contribution in [0.4, 0.5) is 5.69 Å². The molecule has 0 bridgehead atoms. The van der Waals surface area contributed by atoms with Crippen LogP contribution in [-0.2, 0) is 0 Å². The van der Waals surface area contributed by atoms with Crippen LogP contribution in [0.3, 0.4) is 0 Å². The quantitative estimate of drug-likeness (QED) is 0.866. The summed E-state index contributed by atoms with van der Waals surface area (Å²) in [6.45, 7) is 4.23. The van der Waals surface area contributed by atoms with Crippen LogP contribution in [0.15, 0.2) is 34.8 Å². The number of aryl methyl sites for hydroxylation is 1. The van der Waals surface area contributed by atoms with Gasteiger partial charge in [-0.25, -0.2) is 4.98 Å². The molecule has 0 atom stereocenters. The average molecular weight is 370 g/mol. The van der Waals surface area contributed by atoms with Crippen LogP contribution in [-0.4, -0.2) is 17.5 Å². The fraction of sp³-hybridized carbons (Fsp3) is 0.200. The molecule has 21 heavy (non-hydrogen) atoms. The van der Waals surface area contributed by atoms with Crippen LogP contribution in [0.5, 0.6) is 5.88 Å². The van der Waals surface area contributed by atoms with Gasteiger partial charge in [-0.05, 0) is 43.7 Å². The number of anilines is 1. The van der Waals surface area contributed by atoms with Gasteiger partial charge >= 0.3 is 0 Å². The first-order chi connectivity index (χ1) is 10.0. The Bertz CT molecular complexity index is 677. The van der Waals surface area contributed by atoms with Gasteiger partial charge in [0.2, 0.25) is 5.88 Å². The number of amides is 1. The van der Waals surface area contributed by atoms with E-state index in [9.17, 15) is 4.79 Å². The van der Waals surface area contributed by atoms with Gasteiger partial charge in [0.1, 0.15) is 0 Å². The van der Waals surface area contributed by atoms with E-state index in [4.69, 9.17) is 16.3 Å². The van der Waals surface area contributed by atoms with Gasteiger partial charge in [-0.1, -0.05) is 27.5 Å². The lowest BCUT2D eigenvalue weighted by Gasteiger charge is -2.10. The minimum Gasteiger partial charge on any atom is -0.478 e. The molecule has 0 radical (unpaired) electrons. The fourth-order valence-corrected chi connectivity index (χ4v) is 2.43. The summed E-state index contributed by atoms with van der Waals surface area (Å²) in [5.41, 5.74) is 1.79. The highest BCUT2D eigenvalue weighted by Crippen LogP contribution is 2.23. The smallest absolute Gasteiger partial charge is 0.275 e. The first kappa shape index (κ1) is 15.8. The first-order valence-electron chi connectivity index (χ1n) is 6.38. The molecule has 0 saturated heterocycles. The minimum atomic E-state index is -0.369. The second-order valence-corrected chi connectivity index (χ2v) is 5.65. The number of hydrogen-bond donors (Lipinski definition) is 1. The van der Waals surface area contributed by atoms with Gasteiger partial charge in [-0.2, -0.15) is 0 Å². The molecule has 1 aromatic carbocycles. The van der Waals surface area contributed by atoms with Gasteiger partial charge in [0, 0.05) is 16.2 Å². The van der Waals surface area contributed by atoms with E-state index in [1.54, 1.807) is 12.1 Å². The van der Waals surface area contributed by atoms with Crippen molar-refractivity contribution in [3.63, 3.8) is 0 Å². The van der Waals surface area contributed by atoms with Crippen molar-refractivity contribution < 1.29 is 9.53 Å². The predicted octanol–water partition coefficient (Wildman–Crippen LogP) is 4.46. The molecule has 1 amide bonds. The average Bonchev–Trinajstić information content (AvgIpc) is 2.44. The van der Waals surface area contributed by atoms with E-state index in [1.807, 2.05) is 32.0 Å². The highest BCUT2D eigenvalue weighted by atomic mass is 79.9. The van der Waals surface area contributed by atoms with Gasteiger partial charge in [-0.15, -0.1) is 0 Å². The lowest BCUT2D eigenvalue weighted by molar-refractivity contribution is 0.102. The van der Waals surface area contributed by atoms with Crippen molar-refractivity contribution in [3.05, 3.63) is 51.1 Å². The molecule has 1 N–H and O–H groups in total. The number of halogens is 2. The molecule has 1 heterocycles. The summed E-state index contributed by atoms with van der Waals surface area (Å²) in [4.78, 5) is 16.4. The van der Waals surface area contributed by atoms with Crippen molar-refractivity contribution in [1.82, 2.24) is 4.98 Å². The summed E-state index contributed by atoms with van der Waals surface area (Å²) in [5, 5.41) is 3.08. The SMILES string of the molecule is CCOc1ccc(Cl)c(C(=O)Nc2ccc(Br)cc2C)n1. The van der Waals surface area contributed by atoms with Crippen LogP contribution in [0.2, 0.25) is 5.02 Å². The lowest BCUT2D eigenvalue weighted by Crippen LogP contribution is -2.15. The van der Waals surface area contributed by atoms with Crippen molar-refractivity contribution in [3.8, 4) is 5.88 Å². The summed E-state index contributed by atoms with van der Waals surface area (Å²) in [7, 11) is 0. The first-order valence-corrected chi connectivity index (χ1v) is 7.55. The maximum absolute atomic E-state index is 12.3. The monoisotopic (exact) mass is 368 g/mol. The number of hydrogen-bond acceptors (Lipinski definition) is 3. The van der Waals surface area contributed by atoms with Crippen molar-refractivity contribution in [2.45, 2.75) is 13.8 Å². The minimum absolute atomic E-state index is 0.143. The summed E-state index contributed by atoms with van der Waals surface area (Å²) < 4.78 is 6.24. The molecule has 2 aromatic rings. The van der Waals surface area contributed by atoms with E-state index >= 15 is 0 Å². The predicted molar refractivity (Wildman–Crippen MR) is 87.2 cm³/mol. The Morgan fingerprint density at radius 3 is 2.81 bits per heavy atom. The molecule has 0 saturated carbocycles.